The lowest BCUT2D eigenvalue weighted by molar-refractivity contribution is -0.199. The van der Waals surface area contributed by atoms with E-state index in [2.05, 4.69) is 60.7 Å². The largest absolute Gasteiger partial charge is 0.489 e. The quantitative estimate of drug-likeness (QED) is 0.214. The summed E-state index contributed by atoms with van der Waals surface area (Å²) in [4.78, 5) is 77.4. The van der Waals surface area contributed by atoms with Crippen molar-refractivity contribution in [3.63, 3.8) is 0 Å². The highest BCUT2D eigenvalue weighted by Crippen LogP contribution is 2.59. The Morgan fingerprint density at radius 1 is 0.859 bits per heavy atom. The summed E-state index contributed by atoms with van der Waals surface area (Å²) >= 11 is 6.30. The first-order valence-electron chi connectivity index (χ1n) is 22.6. The molecule has 0 bridgehead atoms. The van der Waals surface area contributed by atoms with Gasteiger partial charge in [-0.05, 0) is 92.8 Å². The molecular formula is C50H52ClN7O6. The fourth-order valence-corrected chi connectivity index (χ4v) is 12.8. The number of ether oxygens (including phenoxy) is 1. The maximum Gasteiger partial charge on any atom is 0.262 e. The zero-order valence-corrected chi connectivity index (χ0v) is 37.5. The molecule has 10 rings (SSSR count). The average Bonchev–Trinajstić information content (AvgIpc) is 3.90. The SMILES string of the molecule is CC1(C)[C@H](Oc2ccc(C#N)c(Cl)c2)C(C)(C)[C@H]1N1Cc2nc(C#CC3CCC(CN4CC5(CCN(c6ccc7c(c6)C(=O)N(C6CCC(=O)NC6=O)C7=O)C5)C4)CC3)ccc2C1=O. The van der Waals surface area contributed by atoms with Crippen LogP contribution in [-0.2, 0) is 16.1 Å². The topological polar surface area (TPSA) is 156 Å². The third kappa shape index (κ3) is 7.03. The molecule has 3 saturated heterocycles. The summed E-state index contributed by atoms with van der Waals surface area (Å²) in [7, 11) is 0. The molecule has 14 heteroatoms. The van der Waals surface area contributed by atoms with Gasteiger partial charge in [-0.25, -0.2) is 4.98 Å². The lowest BCUT2D eigenvalue weighted by atomic mass is 9.49. The van der Waals surface area contributed by atoms with Gasteiger partial charge in [-0.1, -0.05) is 45.2 Å². The van der Waals surface area contributed by atoms with Crippen LogP contribution in [0.25, 0.3) is 0 Å². The number of halogens is 1. The van der Waals surface area contributed by atoms with Crippen LogP contribution >= 0.6 is 11.6 Å². The van der Waals surface area contributed by atoms with Crippen LogP contribution in [0.2, 0.25) is 5.02 Å². The molecule has 5 aliphatic heterocycles. The van der Waals surface area contributed by atoms with Crippen LogP contribution in [0.5, 0.6) is 5.75 Å². The molecule has 1 aromatic heterocycles. The van der Waals surface area contributed by atoms with Crippen molar-refractivity contribution in [3.8, 4) is 23.7 Å². The Bertz CT molecular complexity index is 2610. The number of nitrogens with one attached hydrogen (secondary N) is 1. The Hall–Kier alpha value is -5.76. The van der Waals surface area contributed by atoms with Crippen molar-refractivity contribution in [2.75, 3.05) is 37.6 Å². The van der Waals surface area contributed by atoms with Crippen LogP contribution in [0, 0.1) is 51.3 Å². The second-order valence-electron chi connectivity index (χ2n) is 20.4. The number of aromatic nitrogens is 1. The van der Waals surface area contributed by atoms with Crippen molar-refractivity contribution in [3.05, 3.63) is 87.2 Å². The van der Waals surface area contributed by atoms with Crippen molar-refractivity contribution in [2.24, 2.45) is 28.1 Å². The number of imide groups is 2. The normalized spacial score (nSPS) is 27.6. The van der Waals surface area contributed by atoms with Crippen molar-refractivity contribution in [1.82, 2.24) is 25.0 Å². The van der Waals surface area contributed by atoms with Gasteiger partial charge in [0.2, 0.25) is 11.8 Å². The number of nitriles is 1. The van der Waals surface area contributed by atoms with E-state index in [1.165, 1.54) is 0 Å². The van der Waals surface area contributed by atoms with Crippen LogP contribution in [0.15, 0.2) is 48.5 Å². The second kappa shape index (κ2) is 15.5. The molecule has 1 spiro atoms. The second-order valence-corrected chi connectivity index (χ2v) is 20.8. The standard InChI is InChI=1S/C50H52ClN7O6/c1-48(2)46(49(3,4)47(48)64-34-14-10-31(23-52)38(51)22-34)57-25-39-36(43(57)61)15-12-32(53-39)11-9-29-5-7-30(8-6-29)24-55-26-50(27-55)19-20-56(28-50)33-13-16-35-37(21-33)45(63)58(44(35)62)40-17-18-41(59)54-42(40)60/h10,12-16,21-22,29-30,40,46-47H,5-8,17-20,24-28H2,1-4H3,(H,54,59,60)/t29?,30?,40?,46-,47-. The number of hydrogen-bond acceptors (Lipinski definition) is 10. The molecule has 2 aliphatic carbocycles. The Labute approximate surface area is 378 Å². The lowest BCUT2D eigenvalue weighted by Gasteiger charge is -2.65. The minimum Gasteiger partial charge on any atom is -0.489 e. The van der Waals surface area contributed by atoms with Crippen molar-refractivity contribution in [1.29, 1.82) is 5.26 Å². The van der Waals surface area contributed by atoms with E-state index in [9.17, 15) is 29.2 Å². The highest BCUT2D eigenvalue weighted by atomic mass is 35.5. The van der Waals surface area contributed by atoms with E-state index < -0.39 is 23.8 Å². The van der Waals surface area contributed by atoms with Crippen LogP contribution in [0.4, 0.5) is 5.69 Å². The fraction of sp³-hybridized carbons (Fsp3) is 0.500. The first-order chi connectivity index (χ1) is 30.5. The first kappa shape index (κ1) is 42.2. The van der Waals surface area contributed by atoms with Gasteiger partial charge in [0.15, 0.2) is 0 Å². The molecule has 2 saturated carbocycles. The maximum absolute atomic E-state index is 13.8. The molecule has 5 amide bonds. The minimum absolute atomic E-state index is 0.0122. The molecule has 330 valence electrons. The first-order valence-corrected chi connectivity index (χ1v) is 22.9. The van der Waals surface area contributed by atoms with E-state index in [1.54, 1.807) is 30.3 Å². The highest BCUT2D eigenvalue weighted by Gasteiger charge is 2.67. The summed E-state index contributed by atoms with van der Waals surface area (Å²) in [5.41, 5.74) is 3.55. The monoisotopic (exact) mass is 881 g/mol. The maximum atomic E-state index is 13.8. The molecule has 1 N–H and O–H groups in total. The molecule has 1 unspecified atom stereocenters. The molecule has 3 aromatic rings. The van der Waals surface area contributed by atoms with Crippen molar-refractivity contribution in [2.45, 2.75) is 97.4 Å². The predicted molar refractivity (Wildman–Crippen MR) is 237 cm³/mol. The molecule has 6 heterocycles. The summed E-state index contributed by atoms with van der Waals surface area (Å²) in [5.74, 6) is 6.49. The van der Waals surface area contributed by atoms with Gasteiger partial charge >= 0.3 is 0 Å². The number of hydrogen-bond donors (Lipinski definition) is 1. The number of rotatable bonds is 7. The van der Waals surface area contributed by atoms with E-state index in [0.717, 1.165) is 81.1 Å². The fourth-order valence-electron chi connectivity index (χ4n) is 12.6. The van der Waals surface area contributed by atoms with Crippen molar-refractivity contribution >= 4 is 46.8 Å². The number of nitrogens with zero attached hydrogens (tertiary/aromatic N) is 6. The number of likely N-dealkylation sites (tertiary alicyclic amines) is 1. The molecule has 1 atom stereocenters. The Morgan fingerprint density at radius 3 is 2.31 bits per heavy atom. The number of carbonyl (C=O) groups is 5. The van der Waals surface area contributed by atoms with E-state index >= 15 is 0 Å². The number of benzene rings is 2. The van der Waals surface area contributed by atoms with Gasteiger partial charge in [0.1, 0.15) is 29.7 Å². The zero-order valence-electron chi connectivity index (χ0n) is 36.7. The predicted octanol–water partition coefficient (Wildman–Crippen LogP) is 6.22. The third-order valence-corrected chi connectivity index (χ3v) is 15.6. The van der Waals surface area contributed by atoms with E-state index in [4.69, 9.17) is 21.3 Å². The average molecular weight is 882 g/mol. The van der Waals surface area contributed by atoms with E-state index in [-0.39, 0.29) is 53.0 Å². The number of piperidine rings is 1. The third-order valence-electron chi connectivity index (χ3n) is 15.3. The van der Waals surface area contributed by atoms with Gasteiger partial charge in [0.25, 0.3) is 17.7 Å². The minimum atomic E-state index is -0.970. The van der Waals surface area contributed by atoms with E-state index in [1.807, 2.05) is 23.1 Å². The van der Waals surface area contributed by atoms with Crippen molar-refractivity contribution < 1.29 is 28.7 Å². The molecule has 13 nitrogen and oxygen atoms in total. The molecule has 0 radical (unpaired) electrons. The smallest absolute Gasteiger partial charge is 0.262 e. The Kier molecular flexibility index (Phi) is 10.2. The number of amides is 5. The van der Waals surface area contributed by atoms with Gasteiger partial charge < -0.3 is 19.4 Å². The molecule has 64 heavy (non-hydrogen) atoms. The lowest BCUT2D eigenvalue weighted by Crippen LogP contribution is -2.74. The Balaban J connectivity index is 0.693. The highest BCUT2D eigenvalue weighted by molar-refractivity contribution is 6.31. The summed E-state index contributed by atoms with van der Waals surface area (Å²) in [6.07, 6.45) is 5.53. The van der Waals surface area contributed by atoms with Gasteiger partial charge in [0, 0.05) is 79.1 Å². The molecular weight excluding hydrogens is 830 g/mol. The van der Waals surface area contributed by atoms with Gasteiger partial charge in [-0.15, -0.1) is 0 Å². The zero-order chi connectivity index (χ0) is 44.9. The van der Waals surface area contributed by atoms with Gasteiger partial charge in [0.05, 0.1) is 39.5 Å². The van der Waals surface area contributed by atoms with Crippen LogP contribution in [0.3, 0.4) is 0 Å². The van der Waals surface area contributed by atoms with E-state index in [0.29, 0.717) is 57.1 Å². The summed E-state index contributed by atoms with van der Waals surface area (Å²) in [5, 5.41) is 11.9. The number of pyridine rings is 1. The number of anilines is 1. The summed E-state index contributed by atoms with van der Waals surface area (Å²) in [6.45, 7) is 13.9. The number of carbonyl (C=O) groups excluding carboxylic acids is 5. The van der Waals surface area contributed by atoms with Crippen LogP contribution in [-0.4, -0.2) is 100 Å². The van der Waals surface area contributed by atoms with Gasteiger partial charge in [-0.3, -0.25) is 34.2 Å². The molecule has 2 aromatic carbocycles. The van der Waals surface area contributed by atoms with Crippen LogP contribution < -0.4 is 15.0 Å². The Morgan fingerprint density at radius 2 is 1.59 bits per heavy atom. The molecule has 5 fully saturated rings. The summed E-state index contributed by atoms with van der Waals surface area (Å²) < 4.78 is 6.48. The number of fused-ring (bicyclic) bond motifs is 2. The van der Waals surface area contributed by atoms with Crippen LogP contribution in [0.1, 0.15) is 121 Å². The summed E-state index contributed by atoms with van der Waals surface area (Å²) in [6, 6.07) is 15.3. The van der Waals surface area contributed by atoms with Gasteiger partial charge in [-0.2, -0.15) is 5.26 Å². The molecule has 7 aliphatic rings.